The molecule has 1 aliphatic rings. The largest absolute Gasteiger partial charge is 0.496 e. The summed E-state index contributed by atoms with van der Waals surface area (Å²) >= 11 is 7.53. The van der Waals surface area contributed by atoms with Crippen molar-refractivity contribution in [1.82, 2.24) is 4.57 Å². The Bertz CT molecular complexity index is 1540. The van der Waals surface area contributed by atoms with E-state index in [9.17, 15) is 9.59 Å². The Kier molecular flexibility index (Phi) is 7.51. The molecule has 0 saturated carbocycles. The first kappa shape index (κ1) is 25.5. The number of rotatable bonds is 7. The van der Waals surface area contributed by atoms with Crippen LogP contribution >= 0.6 is 22.9 Å². The molecule has 4 rings (SSSR count). The molecule has 0 unspecified atom stereocenters. The van der Waals surface area contributed by atoms with Crippen LogP contribution in [0.1, 0.15) is 31.0 Å². The van der Waals surface area contributed by atoms with Gasteiger partial charge in [-0.15, -0.1) is 0 Å². The molecule has 36 heavy (non-hydrogen) atoms. The molecule has 2 aromatic carbocycles. The second-order valence-corrected chi connectivity index (χ2v) is 9.22. The number of hydrogen-bond acceptors (Lipinski definition) is 8. The van der Waals surface area contributed by atoms with E-state index in [2.05, 4.69) is 4.99 Å². The second-order valence-electron chi connectivity index (χ2n) is 7.77. The number of ether oxygens (including phenoxy) is 4. The Morgan fingerprint density at radius 2 is 1.92 bits per heavy atom. The summed E-state index contributed by atoms with van der Waals surface area (Å²) in [6, 6.07) is 9.67. The van der Waals surface area contributed by atoms with Gasteiger partial charge in [0.15, 0.2) is 16.3 Å². The number of allylic oxidation sites excluding steroid dienone is 1. The Labute approximate surface area is 216 Å². The molecule has 0 saturated heterocycles. The van der Waals surface area contributed by atoms with E-state index in [0.29, 0.717) is 55.0 Å². The summed E-state index contributed by atoms with van der Waals surface area (Å²) in [5.74, 6) is 0.974. The molecule has 1 atom stereocenters. The lowest BCUT2D eigenvalue weighted by Crippen LogP contribution is -2.40. The molecule has 0 N–H and O–H groups in total. The van der Waals surface area contributed by atoms with Crippen LogP contribution in [0.25, 0.3) is 6.08 Å². The van der Waals surface area contributed by atoms with Crippen molar-refractivity contribution >= 4 is 35.0 Å². The molecule has 8 nitrogen and oxygen atoms in total. The van der Waals surface area contributed by atoms with Crippen LogP contribution in [-0.2, 0) is 9.53 Å². The number of fused-ring (bicyclic) bond motifs is 1. The van der Waals surface area contributed by atoms with Crippen molar-refractivity contribution in [3.63, 3.8) is 0 Å². The molecule has 0 spiro atoms. The number of thiazole rings is 1. The fourth-order valence-electron chi connectivity index (χ4n) is 4.15. The van der Waals surface area contributed by atoms with Gasteiger partial charge < -0.3 is 18.9 Å². The maximum atomic E-state index is 13.8. The van der Waals surface area contributed by atoms with Crippen LogP contribution in [0, 0.1) is 0 Å². The Hall–Kier alpha value is -3.56. The van der Waals surface area contributed by atoms with E-state index in [1.807, 2.05) is 19.1 Å². The molecule has 1 aliphatic heterocycles. The standard InChI is InChI=1S/C26H25ClN2O6S/c1-6-35-23-15(8-7-9-19(23)33-4)12-20-24(30)29-22(17-13-16(27)10-11-18(17)32-3)21(25(31)34-5)14(2)28-26(29)36-20/h7-13,22H,6H2,1-5H3/b20-12-/t22-/m0/s1. The minimum atomic E-state index is -0.846. The third-order valence-electron chi connectivity index (χ3n) is 5.72. The summed E-state index contributed by atoms with van der Waals surface area (Å²) < 4.78 is 23.7. The summed E-state index contributed by atoms with van der Waals surface area (Å²) in [5.41, 5.74) is 1.57. The van der Waals surface area contributed by atoms with Crippen molar-refractivity contribution < 1.29 is 23.7 Å². The van der Waals surface area contributed by atoms with Crippen molar-refractivity contribution in [3.8, 4) is 17.2 Å². The third kappa shape index (κ3) is 4.52. The minimum Gasteiger partial charge on any atom is -0.496 e. The lowest BCUT2D eigenvalue weighted by molar-refractivity contribution is -0.136. The first-order valence-corrected chi connectivity index (χ1v) is 12.3. The number of benzene rings is 2. The van der Waals surface area contributed by atoms with Crippen LogP contribution < -0.4 is 29.1 Å². The van der Waals surface area contributed by atoms with Crippen LogP contribution in [0.5, 0.6) is 17.2 Å². The Morgan fingerprint density at radius 3 is 2.58 bits per heavy atom. The van der Waals surface area contributed by atoms with Gasteiger partial charge in [-0.2, -0.15) is 0 Å². The smallest absolute Gasteiger partial charge is 0.338 e. The summed E-state index contributed by atoms with van der Waals surface area (Å²) in [7, 11) is 4.37. The zero-order valence-corrected chi connectivity index (χ0v) is 22.0. The lowest BCUT2D eigenvalue weighted by Gasteiger charge is -2.25. The molecule has 0 fully saturated rings. The lowest BCUT2D eigenvalue weighted by atomic mass is 9.95. The van der Waals surface area contributed by atoms with E-state index in [-0.39, 0.29) is 11.1 Å². The topological polar surface area (TPSA) is 88.4 Å². The molecule has 0 bridgehead atoms. The van der Waals surface area contributed by atoms with E-state index in [1.165, 1.54) is 30.1 Å². The average molecular weight is 529 g/mol. The monoisotopic (exact) mass is 528 g/mol. The molecular weight excluding hydrogens is 504 g/mol. The summed E-state index contributed by atoms with van der Waals surface area (Å²) in [6.45, 7) is 4.01. The van der Waals surface area contributed by atoms with Crippen LogP contribution in [-0.4, -0.2) is 38.5 Å². The predicted molar refractivity (Wildman–Crippen MR) is 138 cm³/mol. The summed E-state index contributed by atoms with van der Waals surface area (Å²) in [4.78, 5) is 31.7. The second kappa shape index (κ2) is 10.6. The number of carbonyl (C=O) groups excluding carboxylic acids is 1. The number of para-hydroxylation sites is 1. The molecule has 2 heterocycles. The van der Waals surface area contributed by atoms with E-state index in [4.69, 9.17) is 30.5 Å². The van der Waals surface area contributed by atoms with Gasteiger partial charge in [0.25, 0.3) is 5.56 Å². The summed E-state index contributed by atoms with van der Waals surface area (Å²) in [6.07, 6.45) is 1.74. The predicted octanol–water partition coefficient (Wildman–Crippen LogP) is 3.48. The minimum absolute atomic E-state index is 0.230. The van der Waals surface area contributed by atoms with Crippen molar-refractivity contribution in [2.24, 2.45) is 4.99 Å². The zero-order valence-electron chi connectivity index (χ0n) is 20.5. The van der Waals surface area contributed by atoms with Crippen molar-refractivity contribution in [1.29, 1.82) is 0 Å². The highest BCUT2D eigenvalue weighted by Gasteiger charge is 2.35. The van der Waals surface area contributed by atoms with Crippen LogP contribution in [0.2, 0.25) is 5.02 Å². The molecular formula is C26H25ClN2O6S. The molecule has 0 radical (unpaired) electrons. The number of nitrogens with zero attached hydrogens (tertiary/aromatic N) is 2. The van der Waals surface area contributed by atoms with Gasteiger partial charge >= 0.3 is 5.97 Å². The van der Waals surface area contributed by atoms with Crippen LogP contribution in [0.15, 0.2) is 57.5 Å². The van der Waals surface area contributed by atoms with Crippen molar-refractivity contribution in [3.05, 3.63) is 83.5 Å². The Morgan fingerprint density at radius 1 is 1.17 bits per heavy atom. The highest BCUT2D eigenvalue weighted by molar-refractivity contribution is 7.07. The van der Waals surface area contributed by atoms with E-state index >= 15 is 0 Å². The summed E-state index contributed by atoms with van der Waals surface area (Å²) in [5, 5.41) is 0.435. The number of esters is 1. The maximum Gasteiger partial charge on any atom is 0.338 e. The molecule has 0 aliphatic carbocycles. The zero-order chi connectivity index (χ0) is 26.0. The fraction of sp³-hybridized carbons (Fsp3) is 0.269. The van der Waals surface area contributed by atoms with Crippen LogP contribution in [0.4, 0.5) is 0 Å². The normalized spacial score (nSPS) is 15.3. The molecule has 1 aromatic heterocycles. The van der Waals surface area contributed by atoms with Gasteiger partial charge in [0, 0.05) is 16.1 Å². The SMILES string of the molecule is CCOc1c(/C=c2\sc3n(c2=O)[C@@H](c2cc(Cl)ccc2OC)C(C(=O)OC)=C(C)N=3)cccc1OC. The first-order chi connectivity index (χ1) is 17.3. The highest BCUT2D eigenvalue weighted by Crippen LogP contribution is 2.37. The molecule has 10 heteroatoms. The number of carbonyl (C=O) groups is 1. The molecule has 0 amide bonds. The van der Waals surface area contributed by atoms with E-state index in [1.54, 1.807) is 44.4 Å². The van der Waals surface area contributed by atoms with Crippen molar-refractivity contribution in [2.45, 2.75) is 19.9 Å². The Balaban J connectivity index is 2.02. The van der Waals surface area contributed by atoms with Gasteiger partial charge in [0.05, 0.1) is 43.7 Å². The number of aromatic nitrogens is 1. The fourth-order valence-corrected chi connectivity index (χ4v) is 5.37. The van der Waals surface area contributed by atoms with E-state index < -0.39 is 12.0 Å². The van der Waals surface area contributed by atoms with E-state index in [0.717, 1.165) is 0 Å². The van der Waals surface area contributed by atoms with Gasteiger partial charge in [-0.05, 0) is 44.2 Å². The first-order valence-electron chi connectivity index (χ1n) is 11.1. The number of methoxy groups -OCH3 is 3. The van der Waals surface area contributed by atoms with Crippen LogP contribution in [0.3, 0.4) is 0 Å². The maximum absolute atomic E-state index is 13.8. The third-order valence-corrected chi connectivity index (χ3v) is 6.94. The average Bonchev–Trinajstić information content (AvgIpc) is 3.18. The quantitative estimate of drug-likeness (QED) is 0.436. The number of hydrogen-bond donors (Lipinski definition) is 0. The highest BCUT2D eigenvalue weighted by atomic mass is 35.5. The van der Waals surface area contributed by atoms with Gasteiger partial charge in [-0.1, -0.05) is 35.1 Å². The van der Waals surface area contributed by atoms with Gasteiger partial charge in [0.2, 0.25) is 0 Å². The van der Waals surface area contributed by atoms with Gasteiger partial charge in [-0.3, -0.25) is 9.36 Å². The van der Waals surface area contributed by atoms with Gasteiger partial charge in [0.1, 0.15) is 11.8 Å². The number of halogens is 1. The molecule has 3 aromatic rings. The van der Waals surface area contributed by atoms with Gasteiger partial charge in [-0.25, -0.2) is 9.79 Å². The van der Waals surface area contributed by atoms with Crippen molar-refractivity contribution in [2.75, 3.05) is 27.9 Å². The molecule has 188 valence electrons.